The second kappa shape index (κ2) is 13.3. The second-order valence-corrected chi connectivity index (χ2v) is 14.9. The molecule has 1 saturated carbocycles. The molecule has 10 nitrogen and oxygen atoms in total. The number of imide groups is 2. The van der Waals surface area contributed by atoms with Crippen LogP contribution in [0.2, 0.25) is 5.02 Å². The van der Waals surface area contributed by atoms with Crippen molar-refractivity contribution in [2.24, 2.45) is 29.1 Å². The molecule has 4 aliphatic rings. The zero-order chi connectivity index (χ0) is 39.0. The van der Waals surface area contributed by atoms with Gasteiger partial charge in [0.05, 0.1) is 33.9 Å². The SMILES string of the molecule is CN(c1nc(C(F)(F)F)ccc1Cl)N1C(=O)C2CC=C3C(CC4C(=O)N(c5ccccc5)C(=O)C4(C)C3c3ccc(OCc4ccccc4)cc3O)C2C1=O. The van der Waals surface area contributed by atoms with Crippen molar-refractivity contribution in [3.8, 4) is 11.5 Å². The number of hydrazine groups is 1. The summed E-state index contributed by atoms with van der Waals surface area (Å²) in [6, 6.07) is 24.5. The molecular formula is C41H34ClF3N4O6. The molecule has 4 amide bonds. The fourth-order valence-corrected chi connectivity index (χ4v) is 9.20. The first-order valence-electron chi connectivity index (χ1n) is 17.7. The van der Waals surface area contributed by atoms with Gasteiger partial charge in [0, 0.05) is 24.6 Å². The number of ether oxygens (including phenoxy) is 1. The third-order valence-corrected chi connectivity index (χ3v) is 11.8. The molecule has 3 aromatic carbocycles. The van der Waals surface area contributed by atoms with Gasteiger partial charge in [-0.2, -0.15) is 18.2 Å². The quantitative estimate of drug-likeness (QED) is 0.153. The average Bonchev–Trinajstić information content (AvgIpc) is 3.53. The molecule has 2 saturated heterocycles. The van der Waals surface area contributed by atoms with Crippen LogP contribution in [-0.4, -0.2) is 45.8 Å². The van der Waals surface area contributed by atoms with Crippen LogP contribution in [0.25, 0.3) is 0 Å². The molecule has 6 atom stereocenters. The molecule has 0 radical (unpaired) electrons. The molecule has 55 heavy (non-hydrogen) atoms. The Morgan fingerprint density at radius 1 is 0.927 bits per heavy atom. The maximum atomic E-state index is 14.7. The van der Waals surface area contributed by atoms with Gasteiger partial charge in [0.25, 0.3) is 11.8 Å². The second-order valence-electron chi connectivity index (χ2n) is 14.5. The molecule has 0 spiro atoms. The maximum Gasteiger partial charge on any atom is 0.433 e. The van der Waals surface area contributed by atoms with Gasteiger partial charge >= 0.3 is 6.18 Å². The molecule has 0 bridgehead atoms. The Bertz CT molecular complexity index is 2270. The van der Waals surface area contributed by atoms with Gasteiger partial charge < -0.3 is 9.84 Å². The van der Waals surface area contributed by atoms with Crippen LogP contribution in [0.4, 0.5) is 24.7 Å². The van der Waals surface area contributed by atoms with E-state index in [4.69, 9.17) is 16.3 Å². The minimum atomic E-state index is -4.81. The number of anilines is 2. The summed E-state index contributed by atoms with van der Waals surface area (Å²) in [4.78, 5) is 62.4. The van der Waals surface area contributed by atoms with Gasteiger partial charge in [-0.3, -0.25) is 24.2 Å². The average molecular weight is 771 g/mol. The molecule has 8 rings (SSSR count). The summed E-state index contributed by atoms with van der Waals surface area (Å²) >= 11 is 6.27. The first-order chi connectivity index (χ1) is 26.2. The normalized spacial score (nSPS) is 26.1. The highest BCUT2D eigenvalue weighted by molar-refractivity contribution is 6.33. The lowest BCUT2D eigenvalue weighted by Crippen LogP contribution is -2.49. The molecule has 3 fully saturated rings. The van der Waals surface area contributed by atoms with Crippen molar-refractivity contribution < 1.29 is 42.2 Å². The number of aromatic hydroxyl groups is 1. The molecule has 6 unspecified atom stereocenters. The fraction of sp³-hybridized carbons (Fsp3) is 0.293. The molecule has 282 valence electrons. The van der Waals surface area contributed by atoms with Crippen LogP contribution in [0.3, 0.4) is 0 Å². The number of pyridine rings is 1. The van der Waals surface area contributed by atoms with Gasteiger partial charge in [-0.05, 0) is 61.6 Å². The molecule has 14 heteroatoms. The Morgan fingerprint density at radius 2 is 1.62 bits per heavy atom. The molecule has 2 aliphatic heterocycles. The standard InChI is InChI=1S/C41H34ClF3N4O6/c1-40-29(37(52)48(39(40)54)23-11-7-4-8-12-23)20-28-25(34(40)26-14-13-24(19-31(26)50)55-21-22-9-5-3-6-10-22)15-16-27-33(28)38(53)49(36(27)51)47(2)35-30(42)17-18-32(46-35)41(43,44)45/h3-15,17-19,27-29,33-34,50H,16,20-21H2,1-2H3. The number of amides is 4. The van der Waals surface area contributed by atoms with Crippen LogP contribution in [0.5, 0.6) is 11.5 Å². The summed E-state index contributed by atoms with van der Waals surface area (Å²) in [7, 11) is 1.24. The number of carbonyl (C=O) groups is 4. The number of aromatic nitrogens is 1. The fourth-order valence-electron chi connectivity index (χ4n) is 8.97. The van der Waals surface area contributed by atoms with E-state index in [9.17, 15) is 37.5 Å². The smallest absolute Gasteiger partial charge is 0.433 e. The Balaban J connectivity index is 1.19. The van der Waals surface area contributed by atoms with Gasteiger partial charge in [0.1, 0.15) is 23.8 Å². The molecule has 2 aliphatic carbocycles. The van der Waals surface area contributed by atoms with Gasteiger partial charge in [0.2, 0.25) is 11.8 Å². The number of para-hydroxylation sites is 1. The summed E-state index contributed by atoms with van der Waals surface area (Å²) < 4.78 is 46.9. The van der Waals surface area contributed by atoms with Crippen LogP contribution < -0.4 is 14.6 Å². The van der Waals surface area contributed by atoms with E-state index >= 15 is 0 Å². The monoisotopic (exact) mass is 770 g/mol. The Labute approximate surface area is 318 Å². The van der Waals surface area contributed by atoms with E-state index in [-0.39, 0.29) is 30.2 Å². The van der Waals surface area contributed by atoms with E-state index in [1.807, 2.05) is 36.4 Å². The lowest BCUT2D eigenvalue weighted by Gasteiger charge is -2.49. The van der Waals surface area contributed by atoms with Crippen molar-refractivity contribution in [1.29, 1.82) is 0 Å². The number of fused-ring (bicyclic) bond motifs is 4. The van der Waals surface area contributed by atoms with E-state index in [1.54, 1.807) is 49.4 Å². The van der Waals surface area contributed by atoms with E-state index in [0.717, 1.165) is 26.5 Å². The minimum absolute atomic E-state index is 0.0338. The summed E-state index contributed by atoms with van der Waals surface area (Å²) in [6.45, 7) is 1.94. The van der Waals surface area contributed by atoms with Gasteiger partial charge in [-0.25, -0.2) is 9.88 Å². The highest BCUT2D eigenvalue weighted by atomic mass is 35.5. The molecule has 1 aromatic heterocycles. The topological polar surface area (TPSA) is 120 Å². The summed E-state index contributed by atoms with van der Waals surface area (Å²) in [6.07, 6.45) is -2.90. The molecule has 4 aromatic rings. The zero-order valence-corrected chi connectivity index (χ0v) is 30.3. The number of carbonyl (C=O) groups excluding carboxylic acids is 4. The molecule has 3 heterocycles. The number of hydrogen-bond donors (Lipinski definition) is 1. The van der Waals surface area contributed by atoms with Crippen molar-refractivity contribution in [3.05, 3.63) is 124 Å². The van der Waals surface area contributed by atoms with Crippen LogP contribution in [0, 0.1) is 29.1 Å². The number of phenolic OH excluding ortho intramolecular Hbond substituents is 1. The third-order valence-electron chi connectivity index (χ3n) is 11.6. The predicted molar refractivity (Wildman–Crippen MR) is 194 cm³/mol. The van der Waals surface area contributed by atoms with Crippen LogP contribution in [-0.2, 0) is 32.0 Å². The summed E-state index contributed by atoms with van der Waals surface area (Å²) in [5.74, 6) is -7.11. The highest BCUT2D eigenvalue weighted by Gasteiger charge is 2.68. The Morgan fingerprint density at radius 3 is 2.29 bits per heavy atom. The third kappa shape index (κ3) is 5.74. The number of nitrogens with zero attached hydrogens (tertiary/aromatic N) is 4. The Hall–Kier alpha value is -5.69. The predicted octanol–water partition coefficient (Wildman–Crippen LogP) is 7.32. The van der Waals surface area contributed by atoms with E-state index in [0.29, 0.717) is 28.6 Å². The van der Waals surface area contributed by atoms with Crippen molar-refractivity contribution in [3.63, 3.8) is 0 Å². The van der Waals surface area contributed by atoms with E-state index in [1.165, 1.54) is 13.1 Å². The van der Waals surface area contributed by atoms with Crippen LogP contribution >= 0.6 is 11.6 Å². The zero-order valence-electron chi connectivity index (χ0n) is 29.5. The van der Waals surface area contributed by atoms with Gasteiger partial charge in [-0.15, -0.1) is 0 Å². The van der Waals surface area contributed by atoms with Crippen molar-refractivity contribution in [2.45, 2.75) is 38.5 Å². The minimum Gasteiger partial charge on any atom is -0.508 e. The lowest BCUT2D eigenvalue weighted by atomic mass is 9.51. The van der Waals surface area contributed by atoms with Crippen LogP contribution in [0.15, 0.2) is 103 Å². The number of benzene rings is 3. The largest absolute Gasteiger partial charge is 0.508 e. The Kier molecular flexibility index (Phi) is 8.75. The van der Waals surface area contributed by atoms with E-state index < -0.39 is 76.3 Å². The van der Waals surface area contributed by atoms with Crippen molar-refractivity contribution >= 4 is 46.7 Å². The lowest BCUT2D eigenvalue weighted by molar-refractivity contribution is -0.141. The first kappa shape index (κ1) is 36.3. The summed E-state index contributed by atoms with van der Waals surface area (Å²) in [5, 5.41) is 13.2. The number of alkyl halides is 3. The molecule has 1 N–H and O–H groups in total. The number of rotatable bonds is 7. The van der Waals surface area contributed by atoms with Crippen molar-refractivity contribution in [1.82, 2.24) is 9.99 Å². The van der Waals surface area contributed by atoms with Crippen molar-refractivity contribution in [2.75, 3.05) is 17.0 Å². The summed E-state index contributed by atoms with van der Waals surface area (Å²) in [5.41, 5.74) is -0.417. The highest BCUT2D eigenvalue weighted by Crippen LogP contribution is 2.64. The number of phenols is 1. The van der Waals surface area contributed by atoms with Gasteiger partial charge in [-0.1, -0.05) is 77.8 Å². The number of halogens is 4. The maximum absolute atomic E-state index is 14.7. The molecular weight excluding hydrogens is 737 g/mol. The van der Waals surface area contributed by atoms with Crippen LogP contribution in [0.1, 0.15) is 42.5 Å². The van der Waals surface area contributed by atoms with Gasteiger partial charge in [0.15, 0.2) is 5.82 Å². The van der Waals surface area contributed by atoms with E-state index in [2.05, 4.69) is 4.98 Å². The first-order valence-corrected chi connectivity index (χ1v) is 18.1. The number of allylic oxidation sites excluding steroid dienone is 2. The number of hydrogen-bond acceptors (Lipinski definition) is 8.